The average Bonchev–Trinajstić information content (AvgIpc) is 2.88. The van der Waals surface area contributed by atoms with Gasteiger partial charge in [0, 0.05) is 24.2 Å². The van der Waals surface area contributed by atoms with Gasteiger partial charge in [0.05, 0.1) is 0 Å². The molecule has 21 heavy (non-hydrogen) atoms. The van der Waals surface area contributed by atoms with Crippen LogP contribution in [0.15, 0.2) is 30.3 Å². The molecule has 1 aromatic carbocycles. The van der Waals surface area contributed by atoms with Crippen LogP contribution in [0, 0.1) is 5.92 Å². The van der Waals surface area contributed by atoms with Gasteiger partial charge in [0.15, 0.2) is 0 Å². The standard InChI is InChI=1S/C16H21ClN2O.ClH/c1-12(14-5-3-4-6-15(14)17)9-16(20)19-8-7-13(11-19)10-18-2;/h3-6,9,13,18H,7-8,10-11H2,1-2H3;1H/b12-9+;. The summed E-state index contributed by atoms with van der Waals surface area (Å²) in [6.07, 6.45) is 2.77. The van der Waals surface area contributed by atoms with Gasteiger partial charge in [-0.05, 0) is 50.1 Å². The van der Waals surface area contributed by atoms with E-state index in [2.05, 4.69) is 5.32 Å². The van der Waals surface area contributed by atoms with Crippen LogP contribution in [0.25, 0.3) is 5.57 Å². The highest BCUT2D eigenvalue weighted by Gasteiger charge is 2.24. The lowest BCUT2D eigenvalue weighted by Crippen LogP contribution is -2.29. The van der Waals surface area contributed by atoms with Crippen molar-refractivity contribution in [3.63, 3.8) is 0 Å². The number of nitrogens with zero attached hydrogens (tertiary/aromatic N) is 1. The van der Waals surface area contributed by atoms with Crippen molar-refractivity contribution in [2.75, 3.05) is 26.7 Å². The summed E-state index contributed by atoms with van der Waals surface area (Å²) in [4.78, 5) is 14.2. The van der Waals surface area contributed by atoms with Crippen LogP contribution in [0.4, 0.5) is 0 Å². The fraction of sp³-hybridized carbons (Fsp3) is 0.438. The molecule has 1 aromatic rings. The van der Waals surface area contributed by atoms with Crippen LogP contribution < -0.4 is 5.32 Å². The van der Waals surface area contributed by atoms with Gasteiger partial charge in [-0.15, -0.1) is 12.4 Å². The Labute approximate surface area is 137 Å². The zero-order valence-electron chi connectivity index (χ0n) is 12.4. The van der Waals surface area contributed by atoms with E-state index in [1.165, 1.54) is 0 Å². The molecule has 2 rings (SSSR count). The molecule has 1 atom stereocenters. The Hall–Kier alpha value is -1.03. The number of benzene rings is 1. The Kier molecular flexibility index (Phi) is 7.23. The lowest BCUT2D eigenvalue weighted by Gasteiger charge is -2.15. The molecule has 5 heteroatoms. The number of amides is 1. The van der Waals surface area contributed by atoms with Gasteiger partial charge in [0.2, 0.25) is 5.91 Å². The fourth-order valence-electron chi connectivity index (χ4n) is 2.62. The highest BCUT2D eigenvalue weighted by molar-refractivity contribution is 6.32. The van der Waals surface area contributed by atoms with Crippen molar-refractivity contribution in [1.82, 2.24) is 10.2 Å². The summed E-state index contributed by atoms with van der Waals surface area (Å²) in [7, 11) is 1.95. The van der Waals surface area contributed by atoms with E-state index in [-0.39, 0.29) is 18.3 Å². The van der Waals surface area contributed by atoms with Gasteiger partial charge in [-0.3, -0.25) is 4.79 Å². The summed E-state index contributed by atoms with van der Waals surface area (Å²) in [5.74, 6) is 0.652. The molecule has 1 heterocycles. The predicted octanol–water partition coefficient (Wildman–Crippen LogP) is 3.23. The van der Waals surface area contributed by atoms with Crippen molar-refractivity contribution >= 4 is 35.5 Å². The lowest BCUT2D eigenvalue weighted by molar-refractivity contribution is -0.125. The van der Waals surface area contributed by atoms with E-state index in [1.54, 1.807) is 6.08 Å². The SMILES string of the molecule is CNCC1CCN(C(=O)/C=C(\C)c2ccccc2Cl)C1.Cl. The Morgan fingerprint density at radius 3 is 2.86 bits per heavy atom. The smallest absolute Gasteiger partial charge is 0.246 e. The molecule has 0 radical (unpaired) electrons. The van der Waals surface area contributed by atoms with Crippen molar-refractivity contribution in [2.24, 2.45) is 5.92 Å². The van der Waals surface area contributed by atoms with Crippen molar-refractivity contribution in [3.05, 3.63) is 40.9 Å². The van der Waals surface area contributed by atoms with Crippen LogP contribution in [-0.4, -0.2) is 37.5 Å². The van der Waals surface area contributed by atoms with Crippen LogP contribution >= 0.6 is 24.0 Å². The molecule has 3 nitrogen and oxygen atoms in total. The van der Waals surface area contributed by atoms with Crippen molar-refractivity contribution in [3.8, 4) is 0 Å². The molecule has 1 unspecified atom stereocenters. The number of likely N-dealkylation sites (tertiary alicyclic amines) is 1. The topological polar surface area (TPSA) is 32.3 Å². The van der Waals surface area contributed by atoms with Crippen molar-refractivity contribution in [1.29, 1.82) is 0 Å². The second-order valence-electron chi connectivity index (χ2n) is 5.30. The first-order chi connectivity index (χ1) is 9.61. The van der Waals surface area contributed by atoms with Crippen LogP contribution in [0.3, 0.4) is 0 Å². The second kappa shape index (κ2) is 8.42. The molecular formula is C16H22Cl2N2O. The largest absolute Gasteiger partial charge is 0.339 e. The Bertz CT molecular complexity index is 517. The first-order valence-electron chi connectivity index (χ1n) is 6.98. The van der Waals surface area contributed by atoms with E-state index in [0.29, 0.717) is 10.9 Å². The van der Waals surface area contributed by atoms with Gasteiger partial charge in [0.1, 0.15) is 0 Å². The number of carbonyl (C=O) groups is 1. The first-order valence-corrected chi connectivity index (χ1v) is 7.36. The van der Waals surface area contributed by atoms with Gasteiger partial charge in [-0.1, -0.05) is 29.8 Å². The highest BCUT2D eigenvalue weighted by atomic mass is 35.5. The predicted molar refractivity (Wildman–Crippen MR) is 91.0 cm³/mol. The molecule has 0 spiro atoms. The van der Waals surface area contributed by atoms with Crippen LogP contribution in [-0.2, 0) is 4.79 Å². The zero-order chi connectivity index (χ0) is 14.5. The van der Waals surface area contributed by atoms with Crippen LogP contribution in [0.1, 0.15) is 18.9 Å². The summed E-state index contributed by atoms with van der Waals surface area (Å²) in [5.41, 5.74) is 1.84. The highest BCUT2D eigenvalue weighted by Crippen LogP contribution is 2.24. The molecule has 0 aliphatic carbocycles. The Balaban J connectivity index is 0.00000220. The number of hydrogen-bond acceptors (Lipinski definition) is 2. The minimum atomic E-state index is 0. The van der Waals surface area contributed by atoms with E-state index in [9.17, 15) is 4.79 Å². The number of allylic oxidation sites excluding steroid dienone is 1. The molecule has 1 fully saturated rings. The quantitative estimate of drug-likeness (QED) is 0.860. The summed E-state index contributed by atoms with van der Waals surface area (Å²) >= 11 is 6.15. The average molecular weight is 329 g/mol. The zero-order valence-corrected chi connectivity index (χ0v) is 14.0. The molecule has 1 aliphatic rings. The maximum absolute atomic E-state index is 12.3. The van der Waals surface area contributed by atoms with Crippen LogP contribution in [0.5, 0.6) is 0 Å². The number of hydrogen-bond donors (Lipinski definition) is 1. The third-order valence-corrected chi connectivity index (χ3v) is 4.06. The Morgan fingerprint density at radius 1 is 1.48 bits per heavy atom. The summed E-state index contributed by atoms with van der Waals surface area (Å²) in [5, 5.41) is 3.86. The summed E-state index contributed by atoms with van der Waals surface area (Å²) < 4.78 is 0. The monoisotopic (exact) mass is 328 g/mol. The van der Waals surface area contributed by atoms with Gasteiger partial charge >= 0.3 is 0 Å². The van der Waals surface area contributed by atoms with Gasteiger partial charge in [0.25, 0.3) is 0 Å². The molecule has 1 amide bonds. The maximum atomic E-state index is 12.3. The van der Waals surface area contributed by atoms with E-state index in [0.717, 1.165) is 37.2 Å². The molecular weight excluding hydrogens is 307 g/mol. The first kappa shape index (κ1) is 18.0. The molecule has 0 saturated carbocycles. The van der Waals surface area contributed by atoms with Crippen molar-refractivity contribution in [2.45, 2.75) is 13.3 Å². The van der Waals surface area contributed by atoms with E-state index in [1.807, 2.05) is 43.1 Å². The summed E-state index contributed by atoms with van der Waals surface area (Å²) in [6, 6.07) is 7.61. The Morgan fingerprint density at radius 2 is 2.19 bits per heavy atom. The molecule has 1 N–H and O–H groups in total. The molecule has 116 valence electrons. The molecule has 1 aliphatic heterocycles. The van der Waals surface area contributed by atoms with Gasteiger partial charge < -0.3 is 10.2 Å². The lowest BCUT2D eigenvalue weighted by atomic mass is 10.1. The number of halogens is 2. The molecule has 0 aromatic heterocycles. The number of carbonyl (C=O) groups excluding carboxylic acids is 1. The maximum Gasteiger partial charge on any atom is 0.246 e. The van der Waals surface area contributed by atoms with Crippen molar-refractivity contribution < 1.29 is 4.79 Å². The minimum absolute atomic E-state index is 0. The minimum Gasteiger partial charge on any atom is -0.339 e. The third kappa shape index (κ3) is 4.73. The normalized spacial score (nSPS) is 18.5. The van der Waals surface area contributed by atoms with E-state index >= 15 is 0 Å². The van der Waals surface area contributed by atoms with Gasteiger partial charge in [-0.25, -0.2) is 0 Å². The molecule has 1 saturated heterocycles. The van der Waals surface area contributed by atoms with E-state index < -0.39 is 0 Å². The number of rotatable bonds is 4. The fourth-order valence-corrected chi connectivity index (χ4v) is 2.91. The second-order valence-corrected chi connectivity index (χ2v) is 5.71. The van der Waals surface area contributed by atoms with E-state index in [4.69, 9.17) is 11.6 Å². The number of nitrogens with one attached hydrogen (secondary N) is 1. The van der Waals surface area contributed by atoms with Gasteiger partial charge in [-0.2, -0.15) is 0 Å². The third-order valence-electron chi connectivity index (χ3n) is 3.73. The van der Waals surface area contributed by atoms with Crippen LogP contribution in [0.2, 0.25) is 5.02 Å². The molecule has 0 bridgehead atoms. The summed E-state index contributed by atoms with van der Waals surface area (Å²) in [6.45, 7) is 4.58.